The zero-order valence-electron chi connectivity index (χ0n) is 9.64. The number of nitrogens with two attached hydrogens (primary N) is 1. The first-order valence-corrected chi connectivity index (χ1v) is 6.00. The summed E-state index contributed by atoms with van der Waals surface area (Å²) in [6, 6.07) is 5.56. The molecule has 1 aromatic carbocycles. The molecule has 2 aromatic rings. The Morgan fingerprint density at radius 2 is 2.11 bits per heavy atom. The molecule has 0 saturated carbocycles. The van der Waals surface area contributed by atoms with Crippen LogP contribution in [0.15, 0.2) is 35.1 Å². The molecule has 1 aromatic heterocycles. The van der Waals surface area contributed by atoms with Crippen LogP contribution in [0.25, 0.3) is 0 Å². The summed E-state index contributed by atoms with van der Waals surface area (Å²) in [6.45, 7) is 1.97. The topological polar surface area (TPSA) is 80.9 Å². The third-order valence-corrected chi connectivity index (χ3v) is 3.19. The maximum Gasteiger partial charge on any atom is 0.275 e. The summed E-state index contributed by atoms with van der Waals surface area (Å²) >= 11 is 3.41. The number of halogens is 1. The lowest BCUT2D eigenvalue weighted by molar-refractivity contribution is 0.102. The number of rotatable bonds is 2. The van der Waals surface area contributed by atoms with Crippen molar-refractivity contribution in [2.45, 2.75) is 6.92 Å². The molecule has 0 aliphatic rings. The summed E-state index contributed by atoms with van der Waals surface area (Å²) in [7, 11) is 0. The van der Waals surface area contributed by atoms with E-state index in [0.29, 0.717) is 5.69 Å². The number of aryl methyl sites for hydroxylation is 1. The second kappa shape index (κ2) is 5.14. The minimum Gasteiger partial charge on any atom is -0.382 e. The Kier molecular flexibility index (Phi) is 3.57. The first-order valence-electron chi connectivity index (χ1n) is 5.21. The van der Waals surface area contributed by atoms with Gasteiger partial charge in [-0.15, -0.1) is 0 Å². The van der Waals surface area contributed by atoms with E-state index in [1.807, 2.05) is 25.1 Å². The second-order valence-electron chi connectivity index (χ2n) is 3.74. The Morgan fingerprint density at radius 1 is 1.33 bits per heavy atom. The SMILES string of the molecule is Cc1ccc(NC(=O)c2cnc(N)cn2)cc1Br. The van der Waals surface area contributed by atoms with Gasteiger partial charge >= 0.3 is 0 Å². The molecule has 3 N–H and O–H groups in total. The van der Waals surface area contributed by atoms with Gasteiger partial charge in [0.2, 0.25) is 0 Å². The Balaban J connectivity index is 2.16. The fourth-order valence-electron chi connectivity index (χ4n) is 1.32. The van der Waals surface area contributed by atoms with E-state index in [2.05, 4.69) is 31.2 Å². The average Bonchev–Trinajstić information content (AvgIpc) is 2.34. The van der Waals surface area contributed by atoms with Gasteiger partial charge in [-0.3, -0.25) is 4.79 Å². The van der Waals surface area contributed by atoms with E-state index >= 15 is 0 Å². The van der Waals surface area contributed by atoms with Gasteiger partial charge in [-0.2, -0.15) is 0 Å². The third-order valence-electron chi connectivity index (χ3n) is 2.33. The number of hydrogen-bond acceptors (Lipinski definition) is 4. The van der Waals surface area contributed by atoms with Crippen LogP contribution in [0, 0.1) is 6.92 Å². The van der Waals surface area contributed by atoms with Crippen LogP contribution in [0.5, 0.6) is 0 Å². The molecule has 0 aliphatic carbocycles. The highest BCUT2D eigenvalue weighted by Crippen LogP contribution is 2.20. The minimum atomic E-state index is -0.321. The lowest BCUT2D eigenvalue weighted by Crippen LogP contribution is -2.14. The molecule has 0 spiro atoms. The van der Waals surface area contributed by atoms with Crippen molar-refractivity contribution in [1.29, 1.82) is 0 Å². The van der Waals surface area contributed by atoms with E-state index in [4.69, 9.17) is 5.73 Å². The number of anilines is 2. The molecule has 2 rings (SSSR count). The van der Waals surface area contributed by atoms with Gasteiger partial charge in [0.1, 0.15) is 11.5 Å². The van der Waals surface area contributed by atoms with Crippen molar-refractivity contribution in [3.63, 3.8) is 0 Å². The molecular weight excluding hydrogens is 296 g/mol. The molecule has 6 heteroatoms. The monoisotopic (exact) mass is 306 g/mol. The Morgan fingerprint density at radius 3 is 2.72 bits per heavy atom. The number of carbonyl (C=O) groups is 1. The molecule has 0 aliphatic heterocycles. The maximum atomic E-state index is 11.9. The first kappa shape index (κ1) is 12.5. The summed E-state index contributed by atoms with van der Waals surface area (Å²) < 4.78 is 0.934. The van der Waals surface area contributed by atoms with E-state index in [-0.39, 0.29) is 17.4 Å². The van der Waals surface area contributed by atoms with Crippen LogP contribution in [0.1, 0.15) is 16.1 Å². The fourth-order valence-corrected chi connectivity index (χ4v) is 1.70. The number of nitrogen functional groups attached to an aromatic ring is 1. The zero-order chi connectivity index (χ0) is 13.1. The molecule has 1 heterocycles. The molecular formula is C12H11BrN4O. The van der Waals surface area contributed by atoms with E-state index in [1.165, 1.54) is 12.4 Å². The lowest BCUT2D eigenvalue weighted by Gasteiger charge is -2.06. The highest BCUT2D eigenvalue weighted by atomic mass is 79.9. The predicted octanol–water partition coefficient (Wildman–Crippen LogP) is 2.38. The van der Waals surface area contributed by atoms with Crippen LogP contribution in [0.4, 0.5) is 11.5 Å². The van der Waals surface area contributed by atoms with Gasteiger partial charge in [0.25, 0.3) is 5.91 Å². The van der Waals surface area contributed by atoms with Gasteiger partial charge in [0.05, 0.1) is 12.4 Å². The molecule has 0 bridgehead atoms. The number of nitrogens with one attached hydrogen (secondary N) is 1. The van der Waals surface area contributed by atoms with E-state index in [9.17, 15) is 4.79 Å². The van der Waals surface area contributed by atoms with Crippen LogP contribution in [-0.4, -0.2) is 15.9 Å². The van der Waals surface area contributed by atoms with Crippen molar-refractivity contribution >= 4 is 33.3 Å². The summed E-state index contributed by atoms with van der Waals surface area (Å²) in [6.07, 6.45) is 2.69. The van der Waals surface area contributed by atoms with E-state index in [0.717, 1.165) is 10.0 Å². The standard InChI is InChI=1S/C12H11BrN4O/c1-7-2-3-8(4-9(7)13)17-12(18)10-5-16-11(14)6-15-10/h2-6H,1H3,(H2,14,16)(H,17,18). The Bertz CT molecular complexity index is 583. The molecule has 0 fully saturated rings. The van der Waals surface area contributed by atoms with Crippen molar-refractivity contribution in [2.75, 3.05) is 11.1 Å². The van der Waals surface area contributed by atoms with Gasteiger partial charge in [0.15, 0.2) is 0 Å². The highest BCUT2D eigenvalue weighted by molar-refractivity contribution is 9.10. The predicted molar refractivity (Wildman–Crippen MR) is 73.3 cm³/mol. The van der Waals surface area contributed by atoms with Crippen molar-refractivity contribution in [3.8, 4) is 0 Å². The van der Waals surface area contributed by atoms with E-state index in [1.54, 1.807) is 0 Å². The van der Waals surface area contributed by atoms with Gasteiger partial charge in [-0.1, -0.05) is 22.0 Å². The van der Waals surface area contributed by atoms with Crippen LogP contribution >= 0.6 is 15.9 Å². The van der Waals surface area contributed by atoms with E-state index < -0.39 is 0 Å². The van der Waals surface area contributed by atoms with Crippen molar-refractivity contribution in [3.05, 3.63) is 46.3 Å². The van der Waals surface area contributed by atoms with Crippen molar-refractivity contribution in [2.24, 2.45) is 0 Å². The quantitative estimate of drug-likeness (QED) is 0.892. The first-order chi connectivity index (χ1) is 8.56. The average molecular weight is 307 g/mol. The van der Waals surface area contributed by atoms with Crippen LogP contribution < -0.4 is 11.1 Å². The van der Waals surface area contributed by atoms with Crippen molar-refractivity contribution in [1.82, 2.24) is 9.97 Å². The summed E-state index contributed by atoms with van der Waals surface area (Å²) in [5.74, 6) is -0.0390. The molecule has 1 amide bonds. The smallest absolute Gasteiger partial charge is 0.275 e. The highest BCUT2D eigenvalue weighted by Gasteiger charge is 2.08. The maximum absolute atomic E-state index is 11.9. The molecule has 0 saturated heterocycles. The van der Waals surface area contributed by atoms with Gasteiger partial charge in [0, 0.05) is 10.2 Å². The number of hydrogen-bond donors (Lipinski definition) is 2. The Hall–Kier alpha value is -1.95. The zero-order valence-corrected chi connectivity index (χ0v) is 11.2. The molecule has 0 atom stereocenters. The normalized spacial score (nSPS) is 10.1. The lowest BCUT2D eigenvalue weighted by atomic mass is 10.2. The fraction of sp³-hybridized carbons (Fsp3) is 0.0833. The van der Waals surface area contributed by atoms with Crippen LogP contribution in [0.3, 0.4) is 0 Å². The number of amides is 1. The van der Waals surface area contributed by atoms with Gasteiger partial charge in [-0.25, -0.2) is 9.97 Å². The number of carbonyl (C=O) groups excluding carboxylic acids is 1. The molecule has 5 nitrogen and oxygen atoms in total. The summed E-state index contributed by atoms with van der Waals surface area (Å²) in [4.78, 5) is 19.6. The second-order valence-corrected chi connectivity index (χ2v) is 4.60. The molecule has 0 radical (unpaired) electrons. The van der Waals surface area contributed by atoms with Gasteiger partial charge < -0.3 is 11.1 Å². The van der Waals surface area contributed by atoms with Crippen LogP contribution in [-0.2, 0) is 0 Å². The molecule has 92 valence electrons. The largest absolute Gasteiger partial charge is 0.382 e. The number of nitrogens with zero attached hydrogens (tertiary/aromatic N) is 2. The summed E-state index contributed by atoms with van der Waals surface area (Å²) in [5, 5.41) is 2.73. The summed E-state index contributed by atoms with van der Waals surface area (Å²) in [5.41, 5.74) is 7.42. The van der Waals surface area contributed by atoms with Gasteiger partial charge in [-0.05, 0) is 24.6 Å². The molecule has 0 unspecified atom stereocenters. The number of aromatic nitrogens is 2. The van der Waals surface area contributed by atoms with Crippen LogP contribution in [0.2, 0.25) is 0 Å². The molecule has 18 heavy (non-hydrogen) atoms. The third kappa shape index (κ3) is 2.84. The van der Waals surface area contributed by atoms with Crippen molar-refractivity contribution < 1.29 is 4.79 Å². The Labute approximate surface area is 113 Å². The minimum absolute atomic E-state index is 0.223. The number of benzene rings is 1.